The molecule has 5 heteroatoms. The van der Waals surface area contributed by atoms with Gasteiger partial charge in [-0.05, 0) is 31.9 Å². The Kier molecular flexibility index (Phi) is 3.97. The van der Waals surface area contributed by atoms with Gasteiger partial charge in [0.2, 0.25) is 11.8 Å². The molecule has 2 saturated heterocycles. The maximum absolute atomic E-state index is 11.9. The number of rotatable bonds is 2. The maximum atomic E-state index is 11.9. The van der Waals surface area contributed by atoms with Gasteiger partial charge in [0.25, 0.3) is 0 Å². The van der Waals surface area contributed by atoms with Crippen LogP contribution in [0, 0.1) is 5.41 Å². The van der Waals surface area contributed by atoms with Crippen molar-refractivity contribution in [1.82, 2.24) is 10.2 Å². The molecule has 96 valence electrons. The lowest BCUT2D eigenvalue weighted by Gasteiger charge is -2.24. The van der Waals surface area contributed by atoms with Gasteiger partial charge < -0.3 is 10.2 Å². The zero-order valence-corrected chi connectivity index (χ0v) is 11.1. The average Bonchev–Trinajstić information content (AvgIpc) is 2.53. The molecule has 0 aromatic heterocycles. The van der Waals surface area contributed by atoms with Crippen LogP contribution in [0.1, 0.15) is 25.7 Å². The molecule has 2 rings (SSSR count). The molecule has 1 spiro atoms. The van der Waals surface area contributed by atoms with Crippen LogP contribution in [0.15, 0.2) is 0 Å². The van der Waals surface area contributed by atoms with Crippen molar-refractivity contribution in [2.24, 2.45) is 5.41 Å². The summed E-state index contributed by atoms with van der Waals surface area (Å²) in [5.74, 6) is 0.976. The van der Waals surface area contributed by atoms with Gasteiger partial charge in [-0.25, -0.2) is 0 Å². The third-order valence-corrected chi connectivity index (χ3v) is 4.47. The number of thioether (sulfide) groups is 1. The molecular formula is C12H20N2O2S. The first-order chi connectivity index (χ1) is 8.18. The summed E-state index contributed by atoms with van der Waals surface area (Å²) in [5.41, 5.74) is -0.172. The van der Waals surface area contributed by atoms with E-state index in [2.05, 4.69) is 5.32 Å². The van der Waals surface area contributed by atoms with Crippen LogP contribution in [0.4, 0.5) is 0 Å². The van der Waals surface area contributed by atoms with Gasteiger partial charge in [-0.1, -0.05) is 0 Å². The number of nitrogens with one attached hydrogen (secondary N) is 1. The second-order valence-corrected chi connectivity index (χ2v) is 5.82. The Hall–Kier alpha value is -0.710. The minimum Gasteiger partial charge on any atom is -0.356 e. The standard InChI is InChI=1S/C12H20N2O2S/c1-17-9-10(15)14-7-2-3-12(5-8-14)4-6-13-11(12)16/h2-9H2,1H3,(H,13,16). The van der Waals surface area contributed by atoms with Crippen LogP contribution >= 0.6 is 11.8 Å². The summed E-state index contributed by atoms with van der Waals surface area (Å²) in [4.78, 5) is 25.7. The fourth-order valence-electron chi connectivity index (χ4n) is 2.85. The van der Waals surface area contributed by atoms with Gasteiger partial charge in [-0.15, -0.1) is 0 Å². The monoisotopic (exact) mass is 256 g/mol. The second-order valence-electron chi connectivity index (χ2n) is 4.95. The van der Waals surface area contributed by atoms with E-state index < -0.39 is 0 Å². The predicted octanol–water partition coefficient (Wildman–Crippen LogP) is 0.868. The van der Waals surface area contributed by atoms with E-state index >= 15 is 0 Å². The molecule has 2 aliphatic heterocycles. The molecule has 2 amide bonds. The summed E-state index contributed by atoms with van der Waals surface area (Å²) in [5, 5.41) is 2.93. The van der Waals surface area contributed by atoms with Gasteiger partial charge in [0.15, 0.2) is 0 Å². The van der Waals surface area contributed by atoms with Gasteiger partial charge in [-0.3, -0.25) is 9.59 Å². The first-order valence-electron chi connectivity index (χ1n) is 6.23. The minimum atomic E-state index is -0.172. The molecular weight excluding hydrogens is 236 g/mol. The van der Waals surface area contributed by atoms with E-state index in [1.165, 1.54) is 0 Å². The smallest absolute Gasteiger partial charge is 0.232 e. The number of likely N-dealkylation sites (tertiary alicyclic amines) is 1. The van der Waals surface area contributed by atoms with Crippen molar-refractivity contribution < 1.29 is 9.59 Å². The molecule has 0 radical (unpaired) electrons. The van der Waals surface area contributed by atoms with Gasteiger partial charge >= 0.3 is 0 Å². The SMILES string of the molecule is CSCC(=O)N1CCCC2(CCNC2=O)CC1. The first kappa shape index (κ1) is 12.7. The number of carbonyl (C=O) groups excluding carboxylic acids is 2. The first-order valence-corrected chi connectivity index (χ1v) is 7.62. The number of carbonyl (C=O) groups is 2. The highest BCUT2D eigenvalue weighted by atomic mass is 32.2. The Morgan fingerprint density at radius 2 is 2.24 bits per heavy atom. The molecule has 0 bridgehead atoms. The van der Waals surface area contributed by atoms with Crippen molar-refractivity contribution in [3.05, 3.63) is 0 Å². The normalized spacial score (nSPS) is 29.2. The lowest BCUT2D eigenvalue weighted by atomic mass is 9.79. The molecule has 2 fully saturated rings. The van der Waals surface area contributed by atoms with E-state index in [-0.39, 0.29) is 17.2 Å². The van der Waals surface area contributed by atoms with E-state index in [4.69, 9.17) is 0 Å². The van der Waals surface area contributed by atoms with Gasteiger partial charge in [0.1, 0.15) is 0 Å². The summed E-state index contributed by atoms with van der Waals surface area (Å²) >= 11 is 1.56. The van der Waals surface area contributed by atoms with Gasteiger partial charge in [0, 0.05) is 19.6 Å². The van der Waals surface area contributed by atoms with Crippen molar-refractivity contribution in [3.63, 3.8) is 0 Å². The molecule has 2 heterocycles. The van der Waals surface area contributed by atoms with Gasteiger partial charge in [-0.2, -0.15) is 11.8 Å². The quantitative estimate of drug-likeness (QED) is 0.797. The third kappa shape index (κ3) is 2.59. The summed E-state index contributed by atoms with van der Waals surface area (Å²) in [6.45, 7) is 2.36. The van der Waals surface area contributed by atoms with Gasteiger partial charge in [0.05, 0.1) is 11.2 Å². The van der Waals surface area contributed by atoms with E-state index in [0.29, 0.717) is 5.75 Å². The van der Waals surface area contributed by atoms with E-state index in [0.717, 1.165) is 45.3 Å². The summed E-state index contributed by atoms with van der Waals surface area (Å²) in [6.07, 6.45) is 5.60. The van der Waals surface area contributed by atoms with E-state index in [9.17, 15) is 9.59 Å². The molecule has 1 N–H and O–H groups in total. The fourth-order valence-corrected chi connectivity index (χ4v) is 3.28. The summed E-state index contributed by atoms with van der Waals surface area (Å²) in [7, 11) is 0. The molecule has 1 atom stereocenters. The van der Waals surface area contributed by atoms with Crippen molar-refractivity contribution in [2.45, 2.75) is 25.7 Å². The Morgan fingerprint density at radius 3 is 2.88 bits per heavy atom. The number of hydrogen-bond acceptors (Lipinski definition) is 3. The number of hydrogen-bond donors (Lipinski definition) is 1. The molecule has 0 saturated carbocycles. The highest BCUT2D eigenvalue weighted by Crippen LogP contribution is 2.37. The molecule has 0 aliphatic carbocycles. The Bertz CT molecular complexity index is 322. The topological polar surface area (TPSA) is 49.4 Å². The molecule has 17 heavy (non-hydrogen) atoms. The number of nitrogens with zero attached hydrogens (tertiary/aromatic N) is 1. The lowest BCUT2D eigenvalue weighted by molar-refractivity contribution is -0.130. The highest BCUT2D eigenvalue weighted by Gasteiger charge is 2.43. The molecule has 4 nitrogen and oxygen atoms in total. The molecule has 1 unspecified atom stereocenters. The molecule has 0 aromatic rings. The largest absolute Gasteiger partial charge is 0.356 e. The van der Waals surface area contributed by atoms with Crippen molar-refractivity contribution in [2.75, 3.05) is 31.6 Å². The van der Waals surface area contributed by atoms with Crippen LogP contribution in [0.25, 0.3) is 0 Å². The Morgan fingerprint density at radius 1 is 1.41 bits per heavy atom. The average molecular weight is 256 g/mol. The van der Waals surface area contributed by atoms with Crippen LogP contribution < -0.4 is 5.32 Å². The minimum absolute atomic E-state index is 0.172. The van der Waals surface area contributed by atoms with Crippen LogP contribution in [-0.4, -0.2) is 48.4 Å². The van der Waals surface area contributed by atoms with Crippen LogP contribution in [0.2, 0.25) is 0 Å². The zero-order chi connectivity index (χ0) is 12.3. The van der Waals surface area contributed by atoms with E-state index in [1.807, 2.05) is 11.2 Å². The number of amides is 2. The van der Waals surface area contributed by atoms with Crippen LogP contribution in [0.3, 0.4) is 0 Å². The fraction of sp³-hybridized carbons (Fsp3) is 0.833. The van der Waals surface area contributed by atoms with E-state index in [1.54, 1.807) is 11.8 Å². The van der Waals surface area contributed by atoms with Crippen LogP contribution in [0.5, 0.6) is 0 Å². The zero-order valence-electron chi connectivity index (χ0n) is 10.3. The summed E-state index contributed by atoms with van der Waals surface area (Å²) < 4.78 is 0. The van der Waals surface area contributed by atoms with Crippen molar-refractivity contribution in [1.29, 1.82) is 0 Å². The summed E-state index contributed by atoms with van der Waals surface area (Å²) in [6, 6.07) is 0. The van der Waals surface area contributed by atoms with Crippen molar-refractivity contribution >= 4 is 23.6 Å². The maximum Gasteiger partial charge on any atom is 0.232 e. The predicted molar refractivity (Wildman–Crippen MR) is 68.9 cm³/mol. The van der Waals surface area contributed by atoms with Crippen molar-refractivity contribution in [3.8, 4) is 0 Å². The lowest BCUT2D eigenvalue weighted by Crippen LogP contribution is -2.35. The molecule has 2 aliphatic rings. The Labute approximate surface area is 106 Å². The second kappa shape index (κ2) is 5.29. The highest BCUT2D eigenvalue weighted by molar-refractivity contribution is 7.99. The Balaban J connectivity index is 1.98. The molecule has 0 aromatic carbocycles. The van der Waals surface area contributed by atoms with Crippen LogP contribution in [-0.2, 0) is 9.59 Å². The third-order valence-electron chi connectivity index (χ3n) is 3.93.